The van der Waals surface area contributed by atoms with Crippen LogP contribution in [0.2, 0.25) is 0 Å². The summed E-state index contributed by atoms with van der Waals surface area (Å²) in [6.45, 7) is 2.79. The van der Waals surface area contributed by atoms with Crippen LogP contribution in [0.1, 0.15) is 24.2 Å². The Kier molecular flexibility index (Phi) is 3.95. The Morgan fingerprint density at radius 3 is 2.56 bits per heavy atom. The lowest BCUT2D eigenvalue weighted by Gasteiger charge is -2.13. The molecule has 0 radical (unpaired) electrons. The topological polar surface area (TPSA) is 63.6 Å². The summed E-state index contributed by atoms with van der Waals surface area (Å²) in [4.78, 5) is 22.5. The molecule has 4 nitrogen and oxygen atoms in total. The largest absolute Gasteiger partial charge is 0.479 e. The van der Waals surface area contributed by atoms with E-state index >= 15 is 0 Å². The van der Waals surface area contributed by atoms with Crippen LogP contribution in [-0.2, 0) is 4.79 Å². The lowest BCUT2D eigenvalue weighted by atomic mass is 10.1. The minimum atomic E-state index is -1.08. The highest BCUT2D eigenvalue weighted by atomic mass is 32.1. The van der Waals surface area contributed by atoms with E-state index in [1.807, 2.05) is 0 Å². The van der Waals surface area contributed by atoms with Crippen molar-refractivity contribution in [2.24, 2.45) is 0 Å². The van der Waals surface area contributed by atoms with E-state index in [-0.39, 0.29) is 11.5 Å². The van der Waals surface area contributed by atoms with Gasteiger partial charge in [-0.1, -0.05) is 0 Å². The number of rotatable bonds is 4. The van der Waals surface area contributed by atoms with Crippen molar-refractivity contribution in [2.75, 3.05) is 0 Å². The third-order valence-corrected chi connectivity index (χ3v) is 2.27. The standard InChI is InChI=1S/C11H12O4S/c1-6(12)9-4-3-8(16)5-10(9)15-7(2)11(13)14/h3-5,7,16H,1-2H3,(H,13,14). The molecule has 0 bridgehead atoms. The Bertz CT molecular complexity index is 428. The molecule has 0 heterocycles. The zero-order valence-corrected chi connectivity index (χ0v) is 9.82. The highest BCUT2D eigenvalue weighted by Crippen LogP contribution is 2.24. The number of carbonyl (C=O) groups is 2. The molecule has 0 fully saturated rings. The van der Waals surface area contributed by atoms with Gasteiger partial charge in [0.1, 0.15) is 5.75 Å². The molecule has 0 aromatic heterocycles. The quantitative estimate of drug-likeness (QED) is 0.624. The monoisotopic (exact) mass is 240 g/mol. The minimum Gasteiger partial charge on any atom is -0.479 e. The smallest absolute Gasteiger partial charge is 0.344 e. The van der Waals surface area contributed by atoms with Crippen LogP contribution >= 0.6 is 12.6 Å². The number of carbonyl (C=O) groups excluding carboxylic acids is 1. The summed E-state index contributed by atoms with van der Waals surface area (Å²) in [6, 6.07) is 4.74. The number of ketones is 1. The Morgan fingerprint density at radius 2 is 2.06 bits per heavy atom. The van der Waals surface area contributed by atoms with E-state index in [1.165, 1.54) is 19.9 Å². The average molecular weight is 240 g/mol. The van der Waals surface area contributed by atoms with Crippen LogP contribution in [-0.4, -0.2) is 23.0 Å². The number of Topliss-reactive ketones (excluding diaryl/α,β-unsaturated/α-hetero) is 1. The molecular weight excluding hydrogens is 228 g/mol. The molecule has 1 N–H and O–H groups in total. The first kappa shape index (κ1) is 12.6. The molecule has 0 amide bonds. The molecule has 0 aliphatic rings. The summed E-state index contributed by atoms with van der Waals surface area (Å²) in [5.74, 6) is -1.02. The SMILES string of the molecule is CC(=O)c1ccc(S)cc1OC(C)C(=O)O. The third kappa shape index (κ3) is 3.00. The lowest BCUT2D eigenvalue weighted by Crippen LogP contribution is -2.23. The van der Waals surface area contributed by atoms with Gasteiger partial charge in [0.05, 0.1) is 5.56 Å². The van der Waals surface area contributed by atoms with E-state index in [0.717, 1.165) is 0 Å². The molecule has 0 saturated heterocycles. The van der Waals surface area contributed by atoms with Gasteiger partial charge < -0.3 is 9.84 Å². The zero-order valence-electron chi connectivity index (χ0n) is 8.93. The number of hydrogen-bond donors (Lipinski definition) is 2. The second kappa shape index (κ2) is 5.03. The molecule has 1 rings (SSSR count). The molecule has 0 aliphatic carbocycles. The van der Waals surface area contributed by atoms with Gasteiger partial charge in [-0.25, -0.2) is 4.79 Å². The van der Waals surface area contributed by atoms with Crippen LogP contribution in [0.4, 0.5) is 0 Å². The Balaban J connectivity index is 3.05. The number of carboxylic acid groups (broad SMARTS) is 1. The van der Waals surface area contributed by atoms with Crippen molar-refractivity contribution in [2.45, 2.75) is 24.8 Å². The van der Waals surface area contributed by atoms with Crippen LogP contribution in [0, 0.1) is 0 Å². The first-order chi connectivity index (χ1) is 7.41. The van der Waals surface area contributed by atoms with Crippen molar-refractivity contribution in [3.05, 3.63) is 23.8 Å². The van der Waals surface area contributed by atoms with E-state index in [0.29, 0.717) is 10.5 Å². The van der Waals surface area contributed by atoms with E-state index in [4.69, 9.17) is 9.84 Å². The number of benzene rings is 1. The summed E-state index contributed by atoms with van der Waals surface area (Å²) in [5.41, 5.74) is 0.353. The fourth-order valence-electron chi connectivity index (χ4n) is 1.14. The van der Waals surface area contributed by atoms with Crippen LogP contribution in [0.5, 0.6) is 5.75 Å². The van der Waals surface area contributed by atoms with Gasteiger partial charge in [-0.3, -0.25) is 4.79 Å². The summed E-state index contributed by atoms with van der Waals surface area (Å²) < 4.78 is 5.18. The molecule has 1 atom stereocenters. The number of ether oxygens (including phenoxy) is 1. The molecule has 1 aromatic carbocycles. The summed E-state index contributed by atoms with van der Waals surface area (Å²) in [7, 11) is 0. The van der Waals surface area contributed by atoms with E-state index in [1.54, 1.807) is 12.1 Å². The van der Waals surface area contributed by atoms with Crippen LogP contribution in [0.3, 0.4) is 0 Å². The molecule has 5 heteroatoms. The van der Waals surface area contributed by atoms with Gasteiger partial charge >= 0.3 is 5.97 Å². The maximum absolute atomic E-state index is 11.3. The van der Waals surface area contributed by atoms with Gasteiger partial charge in [-0.05, 0) is 32.0 Å². The van der Waals surface area contributed by atoms with Gasteiger partial charge in [0.15, 0.2) is 11.9 Å². The molecule has 16 heavy (non-hydrogen) atoms. The van der Waals surface area contributed by atoms with Crippen LogP contribution in [0.15, 0.2) is 23.1 Å². The number of carboxylic acids is 1. The molecule has 0 spiro atoms. The maximum Gasteiger partial charge on any atom is 0.344 e. The zero-order chi connectivity index (χ0) is 12.3. The van der Waals surface area contributed by atoms with E-state index in [9.17, 15) is 9.59 Å². The molecule has 0 aliphatic heterocycles. The highest BCUT2D eigenvalue weighted by Gasteiger charge is 2.16. The van der Waals surface area contributed by atoms with Gasteiger partial charge in [0, 0.05) is 4.90 Å². The van der Waals surface area contributed by atoms with Gasteiger partial charge in [-0.2, -0.15) is 0 Å². The van der Waals surface area contributed by atoms with Gasteiger partial charge in [0.25, 0.3) is 0 Å². The highest BCUT2D eigenvalue weighted by molar-refractivity contribution is 7.80. The second-order valence-corrected chi connectivity index (χ2v) is 3.85. The van der Waals surface area contributed by atoms with Crippen LogP contribution < -0.4 is 4.74 Å². The Labute approximate surface area is 98.6 Å². The fraction of sp³-hybridized carbons (Fsp3) is 0.273. The first-order valence-corrected chi connectivity index (χ1v) is 5.10. The predicted octanol–water partition coefficient (Wildman–Crippen LogP) is 2.03. The maximum atomic E-state index is 11.3. The van der Waals surface area contributed by atoms with Crippen LogP contribution in [0.25, 0.3) is 0 Å². The molecule has 1 aromatic rings. The molecular formula is C11H12O4S. The number of hydrogen-bond acceptors (Lipinski definition) is 4. The second-order valence-electron chi connectivity index (χ2n) is 3.33. The van der Waals surface area contributed by atoms with Crippen molar-refractivity contribution in [1.29, 1.82) is 0 Å². The van der Waals surface area contributed by atoms with Crippen molar-refractivity contribution in [3.63, 3.8) is 0 Å². The molecule has 1 unspecified atom stereocenters. The first-order valence-electron chi connectivity index (χ1n) is 4.65. The fourth-order valence-corrected chi connectivity index (χ4v) is 1.33. The Hall–Kier alpha value is -1.49. The minimum absolute atomic E-state index is 0.180. The summed E-state index contributed by atoms with van der Waals surface area (Å²) in [5, 5.41) is 8.71. The number of thiol groups is 1. The van der Waals surface area contributed by atoms with E-state index in [2.05, 4.69) is 12.6 Å². The van der Waals surface area contributed by atoms with Gasteiger partial charge in [0.2, 0.25) is 0 Å². The molecule has 0 saturated carbocycles. The normalized spacial score (nSPS) is 11.9. The van der Waals surface area contributed by atoms with Crippen molar-refractivity contribution >= 4 is 24.4 Å². The Morgan fingerprint density at radius 1 is 1.44 bits per heavy atom. The molecule has 86 valence electrons. The van der Waals surface area contributed by atoms with Crippen molar-refractivity contribution in [1.82, 2.24) is 0 Å². The van der Waals surface area contributed by atoms with Crippen molar-refractivity contribution < 1.29 is 19.4 Å². The van der Waals surface area contributed by atoms with Crippen molar-refractivity contribution in [3.8, 4) is 5.75 Å². The average Bonchev–Trinajstić information content (AvgIpc) is 2.16. The summed E-state index contributed by atoms with van der Waals surface area (Å²) >= 11 is 4.11. The lowest BCUT2D eigenvalue weighted by molar-refractivity contribution is -0.144. The van der Waals surface area contributed by atoms with Gasteiger partial charge in [-0.15, -0.1) is 12.6 Å². The summed E-state index contributed by atoms with van der Waals surface area (Å²) in [6.07, 6.45) is -1.01. The van der Waals surface area contributed by atoms with E-state index < -0.39 is 12.1 Å². The third-order valence-electron chi connectivity index (χ3n) is 2.00. The number of aliphatic carboxylic acids is 1. The predicted molar refractivity (Wildman–Crippen MR) is 61.4 cm³/mol.